The first-order valence-electron chi connectivity index (χ1n) is 6.42. The van der Waals surface area contributed by atoms with E-state index in [4.69, 9.17) is 18.3 Å². The maximum absolute atomic E-state index is 6.17. The lowest BCUT2D eigenvalue weighted by Crippen LogP contribution is -2.48. The zero-order chi connectivity index (χ0) is 14.4. The monoisotopic (exact) mass is 294 g/mol. The predicted molar refractivity (Wildman–Crippen MR) is 80.2 cm³/mol. The Morgan fingerprint density at radius 1 is 0.667 bits per heavy atom. The Labute approximate surface area is 114 Å². The van der Waals surface area contributed by atoms with Crippen molar-refractivity contribution >= 4 is 16.6 Å². The van der Waals surface area contributed by atoms with E-state index in [1.54, 1.807) is 14.2 Å². The molecule has 0 amide bonds. The normalized spacial score (nSPS) is 16.7. The zero-order valence-corrected chi connectivity index (χ0v) is 15.2. The Morgan fingerprint density at radius 2 is 0.944 bits per heavy atom. The highest BCUT2D eigenvalue weighted by Crippen LogP contribution is 2.17. The van der Waals surface area contributed by atoms with Crippen molar-refractivity contribution in [3.8, 4) is 0 Å². The summed E-state index contributed by atoms with van der Waals surface area (Å²) in [7, 11) is 0.137. The molecule has 0 rings (SSSR count). The van der Waals surface area contributed by atoms with Crippen LogP contribution in [0.1, 0.15) is 0 Å². The van der Waals surface area contributed by atoms with Crippen LogP contribution in [-0.4, -0.2) is 56.3 Å². The van der Waals surface area contributed by atoms with E-state index in [9.17, 15) is 0 Å². The van der Waals surface area contributed by atoms with Crippen LogP contribution in [0.15, 0.2) is 0 Å². The largest absolute Gasteiger partial charge is 0.410 e. The highest BCUT2D eigenvalue weighted by atomic mass is 28.4. The second kappa shape index (κ2) is 7.76. The molecule has 0 unspecified atom stereocenters. The molecule has 0 radical (unpaired) electrons. The third-order valence-electron chi connectivity index (χ3n) is 2.09. The summed E-state index contributed by atoms with van der Waals surface area (Å²) in [5.74, 6) is 0. The van der Waals surface area contributed by atoms with Crippen LogP contribution in [0.3, 0.4) is 0 Å². The van der Waals surface area contributed by atoms with Crippen molar-refractivity contribution in [3.63, 3.8) is 0 Å². The standard InChI is InChI=1S/C12H30O4Si2/c1-13-9-11(15-17(3,4)5)12(10-14-2)16-18(6,7)8/h11-12H,9-10H2,1-8H3/t11-,12-/m0/s1. The fraction of sp³-hybridized carbons (Fsp3) is 1.00. The highest BCUT2D eigenvalue weighted by Gasteiger charge is 2.32. The second-order valence-corrected chi connectivity index (χ2v) is 15.4. The molecule has 0 N–H and O–H groups in total. The van der Waals surface area contributed by atoms with Gasteiger partial charge in [0.05, 0.1) is 25.4 Å². The number of ether oxygens (including phenoxy) is 2. The number of hydrogen-bond donors (Lipinski definition) is 0. The molecule has 6 heteroatoms. The average molecular weight is 295 g/mol. The summed E-state index contributed by atoms with van der Waals surface area (Å²) in [5.41, 5.74) is 0. The van der Waals surface area contributed by atoms with E-state index >= 15 is 0 Å². The van der Waals surface area contributed by atoms with Gasteiger partial charge in [0.25, 0.3) is 0 Å². The molecule has 0 aromatic rings. The average Bonchev–Trinajstić information content (AvgIpc) is 2.12. The van der Waals surface area contributed by atoms with E-state index in [1.165, 1.54) is 0 Å². The van der Waals surface area contributed by atoms with Crippen molar-refractivity contribution in [2.45, 2.75) is 51.5 Å². The van der Waals surface area contributed by atoms with Crippen molar-refractivity contribution in [1.82, 2.24) is 0 Å². The van der Waals surface area contributed by atoms with E-state index in [1.807, 2.05) is 0 Å². The van der Waals surface area contributed by atoms with Crippen molar-refractivity contribution in [3.05, 3.63) is 0 Å². The van der Waals surface area contributed by atoms with Gasteiger partial charge >= 0.3 is 0 Å². The van der Waals surface area contributed by atoms with Crippen LogP contribution < -0.4 is 0 Å². The minimum atomic E-state index is -1.62. The van der Waals surface area contributed by atoms with Crippen LogP contribution in [0, 0.1) is 0 Å². The summed E-state index contributed by atoms with van der Waals surface area (Å²) >= 11 is 0. The maximum Gasteiger partial charge on any atom is 0.184 e. The van der Waals surface area contributed by atoms with E-state index in [-0.39, 0.29) is 12.2 Å². The predicted octanol–water partition coefficient (Wildman–Crippen LogP) is 2.72. The van der Waals surface area contributed by atoms with Gasteiger partial charge < -0.3 is 18.3 Å². The van der Waals surface area contributed by atoms with Gasteiger partial charge in [0.2, 0.25) is 0 Å². The summed E-state index contributed by atoms with van der Waals surface area (Å²) in [6.07, 6.45) is -0.0957. The Kier molecular flexibility index (Phi) is 7.88. The van der Waals surface area contributed by atoms with Gasteiger partial charge in [-0.3, -0.25) is 0 Å². The van der Waals surface area contributed by atoms with Gasteiger partial charge in [-0.1, -0.05) is 0 Å². The van der Waals surface area contributed by atoms with Crippen molar-refractivity contribution in [1.29, 1.82) is 0 Å². The quantitative estimate of drug-likeness (QED) is 0.613. The topological polar surface area (TPSA) is 36.9 Å². The van der Waals surface area contributed by atoms with Crippen molar-refractivity contribution in [2.75, 3.05) is 27.4 Å². The van der Waals surface area contributed by atoms with Gasteiger partial charge in [-0.05, 0) is 39.3 Å². The fourth-order valence-corrected chi connectivity index (χ4v) is 3.93. The van der Waals surface area contributed by atoms with Crippen LogP contribution in [-0.2, 0) is 18.3 Å². The first-order valence-corrected chi connectivity index (χ1v) is 13.2. The Bertz CT molecular complexity index is 199. The number of hydrogen-bond acceptors (Lipinski definition) is 4. The molecule has 0 fully saturated rings. The van der Waals surface area contributed by atoms with Gasteiger partial charge in [0.1, 0.15) is 0 Å². The van der Waals surface area contributed by atoms with Crippen LogP contribution >= 0.6 is 0 Å². The second-order valence-electron chi connectivity index (χ2n) is 6.45. The van der Waals surface area contributed by atoms with E-state index in [2.05, 4.69) is 39.3 Å². The zero-order valence-electron chi connectivity index (χ0n) is 13.2. The number of methoxy groups -OCH3 is 2. The maximum atomic E-state index is 6.17. The van der Waals surface area contributed by atoms with Crippen LogP contribution in [0.25, 0.3) is 0 Å². The summed E-state index contributed by atoms with van der Waals surface area (Å²) < 4.78 is 22.9. The van der Waals surface area contributed by atoms with Crippen molar-refractivity contribution in [2.24, 2.45) is 0 Å². The number of rotatable bonds is 9. The molecule has 2 atom stereocenters. The molecule has 0 aliphatic heterocycles. The molecule has 0 bridgehead atoms. The molecule has 18 heavy (non-hydrogen) atoms. The molecule has 0 saturated heterocycles. The Balaban J connectivity index is 4.75. The highest BCUT2D eigenvalue weighted by molar-refractivity contribution is 6.70. The summed E-state index contributed by atoms with van der Waals surface area (Å²) in [6, 6.07) is 0. The summed E-state index contributed by atoms with van der Waals surface area (Å²) in [6.45, 7) is 14.1. The SMILES string of the molecule is COC[C@H](O[Si](C)(C)C)[C@H](COC)O[Si](C)(C)C. The molecule has 0 heterocycles. The van der Waals surface area contributed by atoms with Gasteiger partial charge in [0.15, 0.2) is 16.6 Å². The first-order chi connectivity index (χ1) is 8.09. The Hall–Kier alpha value is 0.274. The van der Waals surface area contributed by atoms with Gasteiger partial charge in [0, 0.05) is 14.2 Å². The molecule has 0 saturated carbocycles. The van der Waals surface area contributed by atoms with Crippen LogP contribution in [0.4, 0.5) is 0 Å². The van der Waals surface area contributed by atoms with Gasteiger partial charge in [-0.25, -0.2) is 0 Å². The molecule has 0 aliphatic carbocycles. The van der Waals surface area contributed by atoms with E-state index in [0.717, 1.165) is 0 Å². The van der Waals surface area contributed by atoms with E-state index in [0.29, 0.717) is 13.2 Å². The molecule has 4 nitrogen and oxygen atoms in total. The molecule has 0 spiro atoms. The van der Waals surface area contributed by atoms with Gasteiger partial charge in [-0.15, -0.1) is 0 Å². The lowest BCUT2D eigenvalue weighted by Gasteiger charge is -2.35. The lowest BCUT2D eigenvalue weighted by atomic mass is 10.2. The molecule has 0 aromatic heterocycles. The minimum absolute atomic E-state index is 0.0478. The Morgan fingerprint density at radius 3 is 1.11 bits per heavy atom. The summed E-state index contributed by atoms with van der Waals surface area (Å²) in [5, 5.41) is 0. The molecule has 0 aromatic carbocycles. The van der Waals surface area contributed by atoms with Gasteiger partial charge in [-0.2, -0.15) is 0 Å². The fourth-order valence-electron chi connectivity index (χ4n) is 1.67. The molecular formula is C12H30O4Si2. The molecular weight excluding hydrogens is 264 g/mol. The molecule has 110 valence electrons. The third-order valence-corrected chi connectivity index (χ3v) is 4.11. The van der Waals surface area contributed by atoms with Crippen LogP contribution in [0.2, 0.25) is 39.3 Å². The van der Waals surface area contributed by atoms with Crippen LogP contribution in [0.5, 0.6) is 0 Å². The smallest absolute Gasteiger partial charge is 0.184 e. The first kappa shape index (κ1) is 18.3. The minimum Gasteiger partial charge on any atom is -0.410 e. The summed E-state index contributed by atoms with van der Waals surface area (Å²) in [4.78, 5) is 0. The lowest BCUT2D eigenvalue weighted by molar-refractivity contribution is -0.0382. The third kappa shape index (κ3) is 9.24. The molecule has 0 aliphatic rings. The van der Waals surface area contributed by atoms with E-state index < -0.39 is 16.6 Å². The van der Waals surface area contributed by atoms with Crippen molar-refractivity contribution < 1.29 is 18.3 Å².